The van der Waals surface area contributed by atoms with E-state index in [1.54, 1.807) is 4.52 Å². The Morgan fingerprint density at radius 2 is 1.89 bits per heavy atom. The SMILES string of the molecule is Cc1nc(N)c2c(-c3ccc(C=NCc4ccccc4)c(N)c3)ccn2n1. The molecule has 0 radical (unpaired) electrons. The molecule has 0 aliphatic rings. The minimum atomic E-state index is 0.453. The molecule has 2 aromatic heterocycles. The lowest BCUT2D eigenvalue weighted by atomic mass is 10.0. The first-order valence-corrected chi connectivity index (χ1v) is 8.67. The van der Waals surface area contributed by atoms with Gasteiger partial charge in [0.15, 0.2) is 5.82 Å². The highest BCUT2D eigenvalue weighted by molar-refractivity contribution is 5.92. The summed E-state index contributed by atoms with van der Waals surface area (Å²) in [6.07, 6.45) is 3.69. The molecule has 2 aromatic carbocycles. The third-order valence-electron chi connectivity index (χ3n) is 4.39. The maximum absolute atomic E-state index is 6.25. The molecule has 0 saturated carbocycles. The number of nitrogens with two attached hydrogens (primary N) is 2. The highest BCUT2D eigenvalue weighted by Crippen LogP contribution is 2.30. The summed E-state index contributed by atoms with van der Waals surface area (Å²) in [5.74, 6) is 1.08. The smallest absolute Gasteiger partial charge is 0.152 e. The summed E-state index contributed by atoms with van der Waals surface area (Å²) in [7, 11) is 0. The van der Waals surface area contributed by atoms with Crippen LogP contribution in [0.4, 0.5) is 11.5 Å². The second-order valence-electron chi connectivity index (χ2n) is 6.37. The van der Waals surface area contributed by atoms with Crippen molar-refractivity contribution in [2.75, 3.05) is 11.5 Å². The van der Waals surface area contributed by atoms with Crippen molar-refractivity contribution in [3.05, 3.63) is 77.7 Å². The van der Waals surface area contributed by atoms with E-state index in [0.29, 0.717) is 23.9 Å². The standard InChI is InChI=1S/C21H20N6/c1-14-25-21(23)20-18(9-10-27(20)26-14)16-7-8-17(19(22)11-16)13-24-12-15-5-3-2-4-6-15/h2-11,13H,12,22H2,1H3,(H2,23,25,26). The molecule has 6 nitrogen and oxygen atoms in total. The van der Waals surface area contributed by atoms with Crippen LogP contribution in [0, 0.1) is 6.92 Å². The maximum Gasteiger partial charge on any atom is 0.152 e. The van der Waals surface area contributed by atoms with E-state index >= 15 is 0 Å². The van der Waals surface area contributed by atoms with Crippen LogP contribution in [0.2, 0.25) is 0 Å². The Labute approximate surface area is 157 Å². The second-order valence-corrected chi connectivity index (χ2v) is 6.37. The second kappa shape index (κ2) is 6.92. The van der Waals surface area contributed by atoms with Gasteiger partial charge in [0.25, 0.3) is 0 Å². The molecule has 134 valence electrons. The van der Waals surface area contributed by atoms with Crippen molar-refractivity contribution in [3.8, 4) is 11.1 Å². The molecule has 4 N–H and O–H groups in total. The van der Waals surface area contributed by atoms with E-state index < -0.39 is 0 Å². The van der Waals surface area contributed by atoms with Crippen molar-refractivity contribution < 1.29 is 0 Å². The van der Waals surface area contributed by atoms with Gasteiger partial charge in [0.05, 0.1) is 6.54 Å². The predicted molar refractivity (Wildman–Crippen MR) is 110 cm³/mol. The zero-order valence-corrected chi connectivity index (χ0v) is 15.0. The summed E-state index contributed by atoms with van der Waals surface area (Å²) >= 11 is 0. The van der Waals surface area contributed by atoms with Gasteiger partial charge in [0, 0.05) is 29.2 Å². The summed E-state index contributed by atoms with van der Waals surface area (Å²) < 4.78 is 1.75. The fourth-order valence-corrected chi connectivity index (χ4v) is 3.09. The number of aryl methyl sites for hydroxylation is 1. The topological polar surface area (TPSA) is 94.6 Å². The third kappa shape index (κ3) is 3.37. The molecular formula is C21H20N6. The van der Waals surface area contributed by atoms with Gasteiger partial charge in [-0.2, -0.15) is 5.10 Å². The van der Waals surface area contributed by atoms with Crippen molar-refractivity contribution in [1.82, 2.24) is 14.6 Å². The lowest BCUT2D eigenvalue weighted by Gasteiger charge is -2.07. The number of nitrogen functional groups attached to an aromatic ring is 2. The van der Waals surface area contributed by atoms with E-state index in [-0.39, 0.29) is 0 Å². The summed E-state index contributed by atoms with van der Waals surface area (Å²) in [4.78, 5) is 8.75. The first-order chi connectivity index (χ1) is 13.1. The van der Waals surface area contributed by atoms with E-state index in [1.807, 2.05) is 61.8 Å². The number of nitrogens with zero attached hydrogens (tertiary/aromatic N) is 4. The zero-order valence-electron chi connectivity index (χ0n) is 15.0. The molecule has 0 unspecified atom stereocenters. The Balaban J connectivity index is 1.62. The fraction of sp³-hybridized carbons (Fsp3) is 0.0952. The van der Waals surface area contributed by atoms with Gasteiger partial charge in [-0.15, -0.1) is 0 Å². The van der Waals surface area contributed by atoms with Gasteiger partial charge in [-0.05, 0) is 30.2 Å². The lowest BCUT2D eigenvalue weighted by Crippen LogP contribution is -2.02. The molecule has 6 heteroatoms. The molecule has 0 bridgehead atoms. The average molecular weight is 356 g/mol. The van der Waals surface area contributed by atoms with Gasteiger partial charge in [0.2, 0.25) is 0 Å². The molecule has 4 aromatic rings. The van der Waals surface area contributed by atoms with Crippen LogP contribution in [-0.4, -0.2) is 20.8 Å². The van der Waals surface area contributed by atoms with Gasteiger partial charge in [-0.1, -0.05) is 42.5 Å². The largest absolute Gasteiger partial charge is 0.398 e. The van der Waals surface area contributed by atoms with E-state index in [0.717, 1.165) is 27.8 Å². The first-order valence-electron chi connectivity index (χ1n) is 8.67. The Hall–Kier alpha value is -3.67. The molecule has 0 aliphatic heterocycles. The third-order valence-corrected chi connectivity index (χ3v) is 4.39. The molecule has 0 aliphatic carbocycles. The number of hydrogen-bond acceptors (Lipinski definition) is 5. The molecule has 0 fully saturated rings. The van der Waals surface area contributed by atoms with E-state index in [2.05, 4.69) is 27.2 Å². The lowest BCUT2D eigenvalue weighted by molar-refractivity contribution is 0.862. The molecule has 0 amide bonds. The van der Waals surface area contributed by atoms with Crippen LogP contribution in [-0.2, 0) is 6.54 Å². The minimum Gasteiger partial charge on any atom is -0.398 e. The number of anilines is 2. The number of fused-ring (bicyclic) bond motifs is 1. The highest BCUT2D eigenvalue weighted by Gasteiger charge is 2.12. The number of aromatic nitrogens is 3. The Kier molecular flexibility index (Phi) is 4.30. The van der Waals surface area contributed by atoms with Crippen LogP contribution in [0.1, 0.15) is 17.0 Å². The van der Waals surface area contributed by atoms with Crippen LogP contribution >= 0.6 is 0 Å². The summed E-state index contributed by atoms with van der Waals surface area (Å²) in [5.41, 5.74) is 17.8. The molecular weight excluding hydrogens is 336 g/mol. The monoisotopic (exact) mass is 356 g/mol. The van der Waals surface area contributed by atoms with Crippen molar-refractivity contribution in [2.24, 2.45) is 4.99 Å². The van der Waals surface area contributed by atoms with Gasteiger partial charge in [0.1, 0.15) is 11.3 Å². The Morgan fingerprint density at radius 3 is 2.67 bits per heavy atom. The summed E-state index contributed by atoms with van der Waals surface area (Å²) in [5, 5.41) is 4.37. The summed E-state index contributed by atoms with van der Waals surface area (Å²) in [6.45, 7) is 2.44. The van der Waals surface area contributed by atoms with Crippen molar-refractivity contribution in [2.45, 2.75) is 13.5 Å². The molecule has 4 rings (SSSR count). The van der Waals surface area contributed by atoms with Crippen LogP contribution in [0.5, 0.6) is 0 Å². The predicted octanol–water partition coefficient (Wildman–Crippen LogP) is 3.49. The van der Waals surface area contributed by atoms with Crippen molar-refractivity contribution >= 4 is 23.2 Å². The van der Waals surface area contributed by atoms with E-state index in [4.69, 9.17) is 11.5 Å². The normalized spacial score (nSPS) is 11.4. The van der Waals surface area contributed by atoms with Crippen LogP contribution in [0.25, 0.3) is 16.6 Å². The molecule has 0 spiro atoms. The van der Waals surface area contributed by atoms with Gasteiger partial charge in [-0.25, -0.2) is 9.50 Å². The maximum atomic E-state index is 6.25. The minimum absolute atomic E-state index is 0.453. The van der Waals surface area contributed by atoms with Crippen LogP contribution < -0.4 is 11.5 Å². The Bertz CT molecular complexity index is 1130. The van der Waals surface area contributed by atoms with Gasteiger partial charge < -0.3 is 11.5 Å². The van der Waals surface area contributed by atoms with Crippen molar-refractivity contribution in [1.29, 1.82) is 0 Å². The van der Waals surface area contributed by atoms with Crippen molar-refractivity contribution in [3.63, 3.8) is 0 Å². The number of aliphatic imine (C=N–C) groups is 1. The fourth-order valence-electron chi connectivity index (χ4n) is 3.09. The average Bonchev–Trinajstić information content (AvgIpc) is 3.08. The molecule has 0 atom stereocenters. The van der Waals surface area contributed by atoms with Gasteiger partial charge in [-0.3, -0.25) is 4.99 Å². The quantitative estimate of drug-likeness (QED) is 0.432. The number of benzene rings is 2. The number of hydrogen-bond donors (Lipinski definition) is 2. The Morgan fingerprint density at radius 1 is 1.07 bits per heavy atom. The van der Waals surface area contributed by atoms with Crippen LogP contribution in [0.15, 0.2) is 65.8 Å². The van der Waals surface area contributed by atoms with Gasteiger partial charge >= 0.3 is 0 Å². The van der Waals surface area contributed by atoms with E-state index in [1.165, 1.54) is 0 Å². The summed E-state index contributed by atoms with van der Waals surface area (Å²) in [6, 6.07) is 18.0. The molecule has 2 heterocycles. The van der Waals surface area contributed by atoms with Crippen LogP contribution in [0.3, 0.4) is 0 Å². The number of rotatable bonds is 4. The molecule has 0 saturated heterocycles. The van der Waals surface area contributed by atoms with E-state index in [9.17, 15) is 0 Å². The zero-order chi connectivity index (χ0) is 18.8. The molecule has 27 heavy (non-hydrogen) atoms. The highest BCUT2D eigenvalue weighted by atomic mass is 15.3. The first kappa shape index (κ1) is 16.8.